The Morgan fingerprint density at radius 2 is 1.35 bits per heavy atom. The minimum absolute atomic E-state index is 0.558. The van der Waals surface area contributed by atoms with Crippen LogP contribution < -0.4 is 0 Å². The highest BCUT2D eigenvalue weighted by Gasteiger charge is 2.55. The zero-order valence-corrected chi connectivity index (χ0v) is 15.9. The van der Waals surface area contributed by atoms with E-state index >= 15 is 0 Å². The first-order valence-corrected chi connectivity index (χ1v) is 9.80. The van der Waals surface area contributed by atoms with E-state index in [1.165, 1.54) is 19.6 Å². The zero-order valence-electron chi connectivity index (χ0n) is 15.9. The molecule has 1 heterocycles. The van der Waals surface area contributed by atoms with Crippen LogP contribution in [0.1, 0.15) is 38.5 Å². The van der Waals surface area contributed by atoms with E-state index in [9.17, 15) is 9.59 Å². The van der Waals surface area contributed by atoms with Gasteiger partial charge in [0.05, 0.1) is 0 Å². The number of hydrogen-bond acceptors (Lipinski definition) is 4. The molecule has 1 aliphatic heterocycles. The molecule has 26 heavy (non-hydrogen) atoms. The van der Waals surface area contributed by atoms with Crippen LogP contribution in [0.25, 0.3) is 0 Å². The lowest BCUT2D eigenvalue weighted by Gasteiger charge is -2.62. The minimum atomic E-state index is -1.26. The number of aliphatic carboxylic acids is 2. The van der Waals surface area contributed by atoms with E-state index in [0.29, 0.717) is 17.6 Å². The molecule has 0 radical (unpaired) electrons. The van der Waals surface area contributed by atoms with Gasteiger partial charge in [-0.15, -0.1) is 0 Å². The molecule has 4 aliphatic carbocycles. The van der Waals surface area contributed by atoms with Crippen molar-refractivity contribution in [1.29, 1.82) is 0 Å². The van der Waals surface area contributed by atoms with Crippen LogP contribution in [0.4, 0.5) is 0 Å². The molecule has 0 aromatic rings. The van der Waals surface area contributed by atoms with E-state index in [1.807, 2.05) is 0 Å². The molecule has 146 valence electrons. The largest absolute Gasteiger partial charge is 0.478 e. The summed E-state index contributed by atoms with van der Waals surface area (Å²) in [7, 11) is 4.71. The lowest BCUT2D eigenvalue weighted by molar-refractivity contribution is -0.134. The first-order chi connectivity index (χ1) is 12.3. The minimum Gasteiger partial charge on any atom is -0.478 e. The van der Waals surface area contributed by atoms with Gasteiger partial charge in [-0.2, -0.15) is 0 Å². The molecule has 5 aliphatic rings. The Hall–Kier alpha value is -1.40. The third-order valence-corrected chi connectivity index (χ3v) is 7.01. The molecule has 0 spiro atoms. The Morgan fingerprint density at radius 3 is 1.77 bits per heavy atom. The second-order valence-electron chi connectivity index (χ2n) is 9.05. The zero-order chi connectivity index (χ0) is 18.9. The van der Waals surface area contributed by atoms with Gasteiger partial charge in [0.25, 0.3) is 0 Å². The molecule has 4 saturated carbocycles. The lowest BCUT2D eigenvalue weighted by Crippen LogP contribution is -2.62. The van der Waals surface area contributed by atoms with E-state index in [1.54, 1.807) is 38.5 Å². The maximum Gasteiger partial charge on any atom is 0.328 e. The predicted octanol–water partition coefficient (Wildman–Crippen LogP) is 2.16. The van der Waals surface area contributed by atoms with Crippen LogP contribution in [0.3, 0.4) is 0 Å². The first-order valence-electron chi connectivity index (χ1n) is 9.80. The molecule has 1 unspecified atom stereocenters. The van der Waals surface area contributed by atoms with E-state index in [-0.39, 0.29) is 0 Å². The van der Waals surface area contributed by atoms with Gasteiger partial charge in [0.1, 0.15) is 0 Å². The molecule has 2 N–H and O–H groups in total. The molecule has 0 amide bonds. The molecule has 6 heteroatoms. The molecular weight excluding hydrogens is 332 g/mol. The Bertz CT molecular complexity index is 523. The number of likely N-dealkylation sites (N-methyl/N-ethyl adjacent to an activating group) is 2. The Labute approximate surface area is 155 Å². The van der Waals surface area contributed by atoms with Crippen LogP contribution in [0.15, 0.2) is 12.2 Å². The van der Waals surface area contributed by atoms with Gasteiger partial charge in [-0.25, -0.2) is 9.59 Å². The molecule has 5 fully saturated rings. The highest BCUT2D eigenvalue weighted by Crippen LogP contribution is 2.62. The second-order valence-corrected chi connectivity index (χ2v) is 9.05. The van der Waals surface area contributed by atoms with Gasteiger partial charge in [-0.05, 0) is 75.8 Å². The van der Waals surface area contributed by atoms with E-state index < -0.39 is 11.9 Å². The maximum atomic E-state index is 9.55. The van der Waals surface area contributed by atoms with Gasteiger partial charge in [0.2, 0.25) is 0 Å². The monoisotopic (exact) mass is 364 g/mol. The topological polar surface area (TPSA) is 81.1 Å². The summed E-state index contributed by atoms with van der Waals surface area (Å²) in [6, 6.07) is 0.852. The maximum absolute atomic E-state index is 9.55. The molecular formula is C20H32N2O4. The van der Waals surface area contributed by atoms with Crippen molar-refractivity contribution in [3.63, 3.8) is 0 Å². The summed E-state index contributed by atoms with van der Waals surface area (Å²) in [5.74, 6) is 0.769. The fourth-order valence-corrected chi connectivity index (χ4v) is 6.40. The molecule has 0 aromatic carbocycles. The fraction of sp³-hybridized carbons (Fsp3) is 0.800. The number of carboxylic acids is 2. The van der Waals surface area contributed by atoms with Crippen LogP contribution in [-0.2, 0) is 9.59 Å². The highest BCUT2D eigenvalue weighted by molar-refractivity contribution is 5.89. The van der Waals surface area contributed by atoms with Crippen LogP contribution >= 0.6 is 0 Å². The van der Waals surface area contributed by atoms with Crippen LogP contribution in [0.5, 0.6) is 0 Å². The van der Waals surface area contributed by atoms with E-state index in [4.69, 9.17) is 10.2 Å². The van der Waals surface area contributed by atoms with Crippen molar-refractivity contribution in [3.8, 4) is 0 Å². The van der Waals surface area contributed by atoms with Gasteiger partial charge >= 0.3 is 11.9 Å². The van der Waals surface area contributed by atoms with E-state index in [0.717, 1.165) is 23.8 Å². The fourth-order valence-electron chi connectivity index (χ4n) is 6.40. The second kappa shape index (κ2) is 7.69. The number of rotatable bonds is 3. The molecule has 1 atom stereocenters. The summed E-state index contributed by atoms with van der Waals surface area (Å²) in [6.45, 7) is 3.87. The van der Waals surface area contributed by atoms with Gasteiger partial charge in [0.15, 0.2) is 0 Å². The molecule has 4 bridgehead atoms. The Kier molecular flexibility index (Phi) is 5.72. The van der Waals surface area contributed by atoms with Crippen molar-refractivity contribution >= 4 is 11.9 Å². The van der Waals surface area contributed by atoms with E-state index in [2.05, 4.69) is 23.9 Å². The van der Waals surface area contributed by atoms with Crippen LogP contribution in [-0.4, -0.2) is 71.7 Å². The third kappa shape index (κ3) is 4.29. The molecule has 6 nitrogen and oxygen atoms in total. The normalized spacial score (nSPS) is 39.6. The average molecular weight is 364 g/mol. The molecule has 5 rings (SSSR count). The van der Waals surface area contributed by atoms with Crippen molar-refractivity contribution in [1.82, 2.24) is 9.80 Å². The highest BCUT2D eigenvalue weighted by atomic mass is 16.4. The van der Waals surface area contributed by atoms with Crippen LogP contribution in [0, 0.1) is 23.2 Å². The van der Waals surface area contributed by atoms with Gasteiger partial charge in [0, 0.05) is 37.8 Å². The number of nitrogens with zero attached hydrogens (tertiary/aromatic N) is 2. The summed E-state index contributed by atoms with van der Waals surface area (Å²) >= 11 is 0. The van der Waals surface area contributed by atoms with Gasteiger partial charge < -0.3 is 20.0 Å². The quantitative estimate of drug-likeness (QED) is 0.747. The molecule has 0 aromatic heterocycles. The number of carboxylic acid groups (broad SMARTS) is 2. The standard InChI is InChI=1S/C16H28N2.C4H4O4/c1-17-3-4-18(2)15(11-17)16-8-12-5-13(9-16)7-14(6-12)10-16;5-3(6)1-2-4(7)8/h12-15H,3-11H2,1-2H3;1-2H,(H,5,6)(H,7,8)/b;2-1-. The van der Waals surface area contributed by atoms with Crippen molar-refractivity contribution in [2.24, 2.45) is 23.2 Å². The van der Waals surface area contributed by atoms with Crippen molar-refractivity contribution in [2.75, 3.05) is 33.7 Å². The number of piperazine rings is 1. The van der Waals surface area contributed by atoms with Gasteiger partial charge in [-0.1, -0.05) is 0 Å². The van der Waals surface area contributed by atoms with Crippen molar-refractivity contribution in [3.05, 3.63) is 12.2 Å². The molecule has 1 saturated heterocycles. The summed E-state index contributed by atoms with van der Waals surface area (Å²) in [6.07, 6.45) is 10.5. The van der Waals surface area contributed by atoms with Crippen molar-refractivity contribution in [2.45, 2.75) is 44.6 Å². The lowest BCUT2D eigenvalue weighted by atomic mass is 9.47. The van der Waals surface area contributed by atoms with Crippen LogP contribution in [0.2, 0.25) is 0 Å². The van der Waals surface area contributed by atoms with Gasteiger partial charge in [-0.3, -0.25) is 0 Å². The first kappa shape index (κ1) is 19.4. The SMILES string of the molecule is CN1CCN(C)C(C23CC4CC(CC(C4)C2)C3)C1.O=C(O)/C=C\C(=O)O. The number of carbonyl (C=O) groups is 2. The smallest absolute Gasteiger partial charge is 0.328 e. The summed E-state index contributed by atoms with van der Waals surface area (Å²) < 4.78 is 0. The Balaban J connectivity index is 0.000000211. The summed E-state index contributed by atoms with van der Waals surface area (Å²) in [5, 5.41) is 15.6. The summed E-state index contributed by atoms with van der Waals surface area (Å²) in [4.78, 5) is 24.4. The average Bonchev–Trinajstić information content (AvgIpc) is 2.54. The third-order valence-electron chi connectivity index (χ3n) is 7.01. The van der Waals surface area contributed by atoms with Crippen molar-refractivity contribution < 1.29 is 19.8 Å². The number of hydrogen-bond donors (Lipinski definition) is 2. The Morgan fingerprint density at radius 1 is 0.885 bits per heavy atom. The summed E-state index contributed by atoms with van der Waals surface area (Å²) in [5.41, 5.74) is 0.707. The predicted molar refractivity (Wildman–Crippen MR) is 98.9 cm³/mol.